The molecule has 0 saturated carbocycles. The van der Waals surface area contributed by atoms with Crippen LogP contribution in [0.4, 0.5) is 4.79 Å². The number of nitrogens with zero attached hydrogens (tertiary/aromatic N) is 1. The van der Waals surface area contributed by atoms with Crippen LogP contribution in [0.3, 0.4) is 0 Å². The van der Waals surface area contributed by atoms with Crippen LogP contribution >= 0.6 is 0 Å². The summed E-state index contributed by atoms with van der Waals surface area (Å²) in [5, 5.41) is 0. The number of methoxy groups -OCH3 is 2. The number of hydrogen-bond donors (Lipinski definition) is 1. The number of rotatable bonds is 7. The summed E-state index contributed by atoms with van der Waals surface area (Å²) >= 11 is 0. The molecule has 1 aromatic rings. The fourth-order valence-electron chi connectivity index (χ4n) is 2.52. The number of amides is 2. The normalized spacial score (nSPS) is 13.2. The van der Waals surface area contributed by atoms with Crippen LogP contribution in [0.25, 0.3) is 6.08 Å². The number of ether oxygens (including phenoxy) is 3. The van der Waals surface area contributed by atoms with Gasteiger partial charge >= 0.3 is 6.09 Å². The number of unbranched alkanes of at least 4 members (excludes halogenated alkanes) is 1. The van der Waals surface area contributed by atoms with Crippen molar-refractivity contribution >= 4 is 18.1 Å². The summed E-state index contributed by atoms with van der Waals surface area (Å²) < 4.78 is 15.3. The predicted octanol–water partition coefficient (Wildman–Crippen LogP) is 1.93. The molecule has 0 saturated heterocycles. The Morgan fingerprint density at radius 2 is 1.92 bits per heavy atom. The van der Waals surface area contributed by atoms with Crippen LogP contribution in [-0.2, 0) is 16.0 Å². The van der Waals surface area contributed by atoms with Gasteiger partial charge in [0.15, 0.2) is 11.5 Å². The molecule has 7 nitrogen and oxygen atoms in total. The Kier molecular flexibility index (Phi) is 6.06. The smallest absolute Gasteiger partial charge is 0.404 e. The van der Waals surface area contributed by atoms with Gasteiger partial charge in [0.25, 0.3) is 0 Å². The van der Waals surface area contributed by atoms with Crippen LogP contribution in [0.1, 0.15) is 24.0 Å². The molecule has 0 unspecified atom stereocenters. The molecular weight excluding hydrogens is 312 g/mol. The average molecular weight is 334 g/mol. The van der Waals surface area contributed by atoms with E-state index in [2.05, 4.69) is 4.74 Å². The minimum absolute atomic E-state index is 0.00744. The molecule has 0 atom stereocenters. The van der Waals surface area contributed by atoms with Gasteiger partial charge in [-0.25, -0.2) is 4.79 Å². The molecule has 0 aliphatic carbocycles. The number of carbonyl (C=O) groups is 2. The molecule has 1 aliphatic heterocycles. The maximum Gasteiger partial charge on any atom is 0.404 e. The number of nitrogens with two attached hydrogens (primary N) is 1. The van der Waals surface area contributed by atoms with Crippen LogP contribution < -0.4 is 15.2 Å². The Labute approximate surface area is 141 Å². The van der Waals surface area contributed by atoms with E-state index in [1.165, 1.54) is 0 Å². The van der Waals surface area contributed by atoms with Crippen molar-refractivity contribution in [3.05, 3.63) is 29.5 Å². The van der Waals surface area contributed by atoms with E-state index >= 15 is 0 Å². The first kappa shape index (κ1) is 17.7. The highest BCUT2D eigenvalue weighted by Crippen LogP contribution is 2.32. The van der Waals surface area contributed by atoms with E-state index in [1.807, 2.05) is 18.2 Å². The third kappa shape index (κ3) is 4.41. The van der Waals surface area contributed by atoms with E-state index in [-0.39, 0.29) is 12.5 Å². The summed E-state index contributed by atoms with van der Waals surface area (Å²) in [5.41, 5.74) is 6.73. The largest absolute Gasteiger partial charge is 0.493 e. The van der Waals surface area contributed by atoms with Crippen molar-refractivity contribution in [1.82, 2.24) is 4.90 Å². The molecule has 0 fully saturated rings. The fourth-order valence-corrected chi connectivity index (χ4v) is 2.52. The Morgan fingerprint density at radius 1 is 1.21 bits per heavy atom. The first-order valence-electron chi connectivity index (χ1n) is 7.70. The monoisotopic (exact) mass is 334 g/mol. The molecule has 1 aliphatic rings. The summed E-state index contributed by atoms with van der Waals surface area (Å²) in [6.45, 7) is 0.815. The third-order valence-electron chi connectivity index (χ3n) is 3.78. The molecular formula is C17H22N2O5. The van der Waals surface area contributed by atoms with Gasteiger partial charge in [-0.1, -0.05) is 0 Å². The molecule has 1 aromatic carbocycles. The summed E-state index contributed by atoms with van der Waals surface area (Å²) in [4.78, 5) is 24.6. The van der Waals surface area contributed by atoms with E-state index in [0.29, 0.717) is 37.3 Å². The van der Waals surface area contributed by atoms with Gasteiger partial charge in [-0.15, -0.1) is 0 Å². The lowest BCUT2D eigenvalue weighted by atomic mass is 10.0. The molecule has 1 heterocycles. The zero-order valence-corrected chi connectivity index (χ0v) is 13.9. The predicted molar refractivity (Wildman–Crippen MR) is 88.8 cm³/mol. The fraction of sp³-hybridized carbons (Fsp3) is 0.412. The molecule has 0 aromatic heterocycles. The Balaban J connectivity index is 2.02. The number of carbonyl (C=O) groups excluding carboxylic acids is 2. The van der Waals surface area contributed by atoms with Gasteiger partial charge in [-0.3, -0.25) is 4.79 Å². The summed E-state index contributed by atoms with van der Waals surface area (Å²) in [6, 6.07) is 3.70. The molecule has 24 heavy (non-hydrogen) atoms. The number of fused-ring (bicyclic) bond motifs is 1. The number of primary amides is 1. The number of hydrogen-bond acceptors (Lipinski definition) is 5. The first-order chi connectivity index (χ1) is 11.5. The van der Waals surface area contributed by atoms with E-state index in [4.69, 9.17) is 15.2 Å². The Morgan fingerprint density at radius 3 is 2.58 bits per heavy atom. The highest BCUT2D eigenvalue weighted by atomic mass is 16.5. The van der Waals surface area contributed by atoms with E-state index in [0.717, 1.165) is 11.1 Å². The standard InChI is InChI=1S/C17H22N2O5/c1-22-14-9-12-5-7-19(6-3-4-8-24-17(18)21)16(20)11-13(12)10-15(14)23-2/h5,7,9-10H,3-4,6,8,11H2,1-2H3,(H2,18,21). The lowest BCUT2D eigenvalue weighted by Crippen LogP contribution is -2.27. The van der Waals surface area contributed by atoms with Gasteiger partial charge in [-0.05, 0) is 42.2 Å². The molecule has 0 spiro atoms. The van der Waals surface area contributed by atoms with Crippen molar-refractivity contribution in [1.29, 1.82) is 0 Å². The van der Waals surface area contributed by atoms with Crippen molar-refractivity contribution in [2.75, 3.05) is 27.4 Å². The van der Waals surface area contributed by atoms with Gasteiger partial charge in [-0.2, -0.15) is 0 Å². The van der Waals surface area contributed by atoms with Crippen molar-refractivity contribution in [2.24, 2.45) is 5.73 Å². The van der Waals surface area contributed by atoms with Gasteiger partial charge in [0.05, 0.1) is 27.2 Å². The molecule has 2 N–H and O–H groups in total. The second kappa shape index (κ2) is 8.24. The van der Waals surface area contributed by atoms with Gasteiger partial charge in [0, 0.05) is 12.7 Å². The van der Waals surface area contributed by atoms with Crippen molar-refractivity contribution in [3.63, 3.8) is 0 Å². The van der Waals surface area contributed by atoms with E-state index in [1.54, 1.807) is 25.3 Å². The van der Waals surface area contributed by atoms with Crippen molar-refractivity contribution < 1.29 is 23.8 Å². The summed E-state index contributed by atoms with van der Waals surface area (Å²) in [6.07, 6.45) is 4.54. The van der Waals surface area contributed by atoms with Crippen LogP contribution in [0, 0.1) is 0 Å². The zero-order chi connectivity index (χ0) is 17.5. The third-order valence-corrected chi connectivity index (χ3v) is 3.78. The van der Waals surface area contributed by atoms with Crippen LogP contribution in [0.2, 0.25) is 0 Å². The zero-order valence-electron chi connectivity index (χ0n) is 13.9. The molecule has 7 heteroatoms. The maximum absolute atomic E-state index is 12.4. The average Bonchev–Trinajstić information content (AvgIpc) is 2.71. The molecule has 0 radical (unpaired) electrons. The van der Waals surface area contributed by atoms with Crippen LogP contribution in [-0.4, -0.2) is 44.3 Å². The second-order valence-corrected chi connectivity index (χ2v) is 5.36. The maximum atomic E-state index is 12.4. The van der Waals surface area contributed by atoms with Crippen LogP contribution in [0.15, 0.2) is 18.3 Å². The number of benzene rings is 1. The molecule has 130 valence electrons. The molecule has 0 bridgehead atoms. The topological polar surface area (TPSA) is 91.1 Å². The second-order valence-electron chi connectivity index (χ2n) is 5.36. The Hall–Kier alpha value is -2.70. The highest BCUT2D eigenvalue weighted by molar-refractivity contribution is 5.84. The SMILES string of the molecule is COc1cc2c(cc1OC)CC(=O)N(CCCCOC(N)=O)C=C2. The lowest BCUT2D eigenvalue weighted by Gasteiger charge is -2.17. The quantitative estimate of drug-likeness (QED) is 0.769. The van der Waals surface area contributed by atoms with Crippen LogP contribution in [0.5, 0.6) is 11.5 Å². The molecule has 2 amide bonds. The van der Waals surface area contributed by atoms with Gasteiger partial charge in [0.1, 0.15) is 0 Å². The minimum atomic E-state index is -0.779. The van der Waals surface area contributed by atoms with Gasteiger partial charge in [0.2, 0.25) is 5.91 Å². The first-order valence-corrected chi connectivity index (χ1v) is 7.70. The summed E-state index contributed by atoms with van der Waals surface area (Å²) in [7, 11) is 3.15. The van der Waals surface area contributed by atoms with Gasteiger partial charge < -0.3 is 24.8 Å². The van der Waals surface area contributed by atoms with Crippen molar-refractivity contribution in [2.45, 2.75) is 19.3 Å². The lowest BCUT2D eigenvalue weighted by molar-refractivity contribution is -0.127. The molecule has 2 rings (SSSR count). The minimum Gasteiger partial charge on any atom is -0.493 e. The van der Waals surface area contributed by atoms with E-state index < -0.39 is 6.09 Å². The van der Waals surface area contributed by atoms with Crippen molar-refractivity contribution in [3.8, 4) is 11.5 Å². The Bertz CT molecular complexity index is 642. The highest BCUT2D eigenvalue weighted by Gasteiger charge is 2.19. The summed E-state index contributed by atoms with van der Waals surface area (Å²) in [5.74, 6) is 1.24. The van der Waals surface area contributed by atoms with E-state index in [9.17, 15) is 9.59 Å².